The quantitative estimate of drug-likeness (QED) is 0.478. The molecule has 1 aliphatic rings. The fraction of sp³-hybridized carbons (Fsp3) is 0.150. The number of hydrogen-bond acceptors (Lipinski definition) is 5. The van der Waals surface area contributed by atoms with Crippen molar-refractivity contribution in [2.45, 2.75) is 18.9 Å². The molecule has 3 N–H and O–H groups in total. The molecule has 4 nitrogen and oxygen atoms in total. The molecule has 1 fully saturated rings. The Balaban J connectivity index is 1.77. The monoisotopic (exact) mass is 367 g/mol. The second-order valence-electron chi connectivity index (χ2n) is 6.13. The van der Waals surface area contributed by atoms with Crippen molar-refractivity contribution in [3.05, 3.63) is 72.2 Å². The van der Waals surface area contributed by atoms with Gasteiger partial charge in [0.15, 0.2) is 10.9 Å². The predicted octanol–water partition coefficient (Wildman–Crippen LogP) is 4.95. The molecule has 2 aromatic carbocycles. The van der Waals surface area contributed by atoms with Crippen LogP contribution in [-0.2, 0) is 4.74 Å². The van der Waals surface area contributed by atoms with E-state index in [2.05, 4.69) is 16.9 Å². The average Bonchev–Trinajstić information content (AvgIpc) is 3.36. The van der Waals surface area contributed by atoms with Crippen molar-refractivity contribution in [1.82, 2.24) is 4.98 Å². The first kappa shape index (κ1) is 16.6. The molecule has 1 aromatic heterocycles. The van der Waals surface area contributed by atoms with Crippen LogP contribution in [0.3, 0.4) is 0 Å². The van der Waals surface area contributed by atoms with Gasteiger partial charge in [-0.2, -0.15) is 0 Å². The highest BCUT2D eigenvalue weighted by Crippen LogP contribution is 2.34. The van der Waals surface area contributed by atoms with Gasteiger partial charge >= 0.3 is 0 Å². The Labute approximate surface area is 154 Å². The van der Waals surface area contributed by atoms with E-state index in [9.17, 15) is 4.39 Å². The van der Waals surface area contributed by atoms with Crippen LogP contribution in [0, 0.1) is 5.82 Å². The Hall–Kier alpha value is -2.86. The number of nitrogens with zero attached hydrogens (tertiary/aromatic N) is 1. The van der Waals surface area contributed by atoms with E-state index < -0.39 is 5.82 Å². The molecule has 0 bridgehead atoms. The lowest BCUT2D eigenvalue weighted by Crippen LogP contribution is -2.04. The molecule has 4 rings (SSSR count). The lowest BCUT2D eigenvalue weighted by Gasteiger charge is -2.12. The van der Waals surface area contributed by atoms with Gasteiger partial charge in [0, 0.05) is 17.2 Å². The third-order valence-corrected chi connectivity index (χ3v) is 5.11. The van der Waals surface area contributed by atoms with Gasteiger partial charge in [-0.1, -0.05) is 30.0 Å². The van der Waals surface area contributed by atoms with Gasteiger partial charge in [-0.3, -0.25) is 0 Å². The van der Waals surface area contributed by atoms with E-state index in [0.29, 0.717) is 17.4 Å². The molecule has 0 aliphatic heterocycles. The molecule has 0 atom stereocenters. The second-order valence-corrected chi connectivity index (χ2v) is 7.16. The first-order valence-electron chi connectivity index (χ1n) is 8.35. The van der Waals surface area contributed by atoms with Crippen molar-refractivity contribution in [3.63, 3.8) is 0 Å². The summed E-state index contributed by atoms with van der Waals surface area (Å²) >= 11 is 1.58. The minimum Gasteiger partial charge on any atom is -0.463 e. The van der Waals surface area contributed by atoms with Gasteiger partial charge in [-0.25, -0.2) is 9.37 Å². The number of nitrogens with two attached hydrogens (primary N) is 1. The number of fused-ring (bicyclic) bond motifs is 1. The van der Waals surface area contributed by atoms with E-state index >= 15 is 0 Å². The highest BCUT2D eigenvalue weighted by Gasteiger charge is 2.22. The zero-order valence-corrected chi connectivity index (χ0v) is 14.9. The number of ether oxygens (including phenoxy) is 1. The number of thiazole rings is 1. The van der Waals surface area contributed by atoms with Crippen LogP contribution in [0.2, 0.25) is 0 Å². The van der Waals surface area contributed by atoms with Gasteiger partial charge in [0.05, 0.1) is 22.2 Å². The van der Waals surface area contributed by atoms with E-state index in [1.807, 2.05) is 18.2 Å². The summed E-state index contributed by atoms with van der Waals surface area (Å²) in [7, 11) is 0. The predicted molar refractivity (Wildman–Crippen MR) is 105 cm³/mol. The van der Waals surface area contributed by atoms with E-state index in [1.165, 1.54) is 25.2 Å². The van der Waals surface area contributed by atoms with Crippen LogP contribution in [0.5, 0.6) is 0 Å². The fourth-order valence-electron chi connectivity index (χ4n) is 2.70. The molecule has 0 unspecified atom stereocenters. The Morgan fingerprint density at radius 3 is 2.85 bits per heavy atom. The van der Waals surface area contributed by atoms with Crippen LogP contribution in [-0.4, -0.2) is 11.0 Å². The van der Waals surface area contributed by atoms with Crippen molar-refractivity contribution in [2.75, 3.05) is 5.32 Å². The number of aromatic nitrogens is 1. The Morgan fingerprint density at radius 1 is 1.31 bits per heavy atom. The number of anilines is 1. The van der Waals surface area contributed by atoms with E-state index in [-0.39, 0.29) is 5.70 Å². The molecule has 1 heterocycles. The van der Waals surface area contributed by atoms with Crippen molar-refractivity contribution in [3.8, 4) is 0 Å². The highest BCUT2D eigenvalue weighted by molar-refractivity contribution is 7.22. The van der Waals surface area contributed by atoms with Gasteiger partial charge in [0.1, 0.15) is 5.82 Å². The van der Waals surface area contributed by atoms with Crippen molar-refractivity contribution >= 4 is 38.1 Å². The van der Waals surface area contributed by atoms with E-state index in [4.69, 9.17) is 10.5 Å². The van der Waals surface area contributed by atoms with Crippen LogP contribution in [0.1, 0.15) is 24.0 Å². The topological polar surface area (TPSA) is 60.2 Å². The summed E-state index contributed by atoms with van der Waals surface area (Å²) in [5.74, 6) is -0.0259. The summed E-state index contributed by atoms with van der Waals surface area (Å²) in [4.78, 5) is 4.60. The Morgan fingerprint density at radius 2 is 2.12 bits per heavy atom. The third kappa shape index (κ3) is 3.28. The first-order valence-corrected chi connectivity index (χ1v) is 9.17. The van der Waals surface area contributed by atoms with Crippen molar-refractivity contribution in [1.29, 1.82) is 0 Å². The van der Waals surface area contributed by atoms with Crippen molar-refractivity contribution < 1.29 is 9.13 Å². The molecule has 1 saturated carbocycles. The normalized spacial score (nSPS) is 14.8. The smallest absolute Gasteiger partial charge is 0.184 e. The van der Waals surface area contributed by atoms with Crippen LogP contribution in [0.4, 0.5) is 9.52 Å². The number of halogens is 1. The third-order valence-electron chi connectivity index (χ3n) is 4.17. The molecule has 6 heteroatoms. The summed E-state index contributed by atoms with van der Waals surface area (Å²) in [6, 6.07) is 12.6. The minimum absolute atomic E-state index is 0.225. The average molecular weight is 367 g/mol. The molecular weight excluding hydrogens is 349 g/mol. The minimum atomic E-state index is -0.398. The SMILES string of the molecule is C=CO/C(=C(\N)c1ccccc1F)c1ccc2nc(NC3CC3)sc2c1. The summed E-state index contributed by atoms with van der Waals surface area (Å²) in [6.45, 7) is 3.61. The van der Waals surface area contributed by atoms with Crippen LogP contribution >= 0.6 is 11.3 Å². The fourth-order valence-corrected chi connectivity index (χ4v) is 3.68. The maximum absolute atomic E-state index is 14.1. The van der Waals surface area contributed by atoms with Gasteiger partial charge in [0.25, 0.3) is 0 Å². The van der Waals surface area contributed by atoms with Crippen molar-refractivity contribution in [2.24, 2.45) is 5.73 Å². The Bertz CT molecular complexity index is 1010. The van der Waals surface area contributed by atoms with Crippen LogP contribution in [0.25, 0.3) is 21.7 Å². The summed E-state index contributed by atoms with van der Waals surface area (Å²) in [5, 5.41) is 4.32. The first-order chi connectivity index (χ1) is 12.7. The molecule has 0 saturated heterocycles. The lowest BCUT2D eigenvalue weighted by molar-refractivity contribution is 0.439. The summed E-state index contributed by atoms with van der Waals surface area (Å²) in [6.07, 6.45) is 3.68. The summed E-state index contributed by atoms with van der Waals surface area (Å²) < 4.78 is 20.7. The number of hydrogen-bond donors (Lipinski definition) is 2. The molecule has 0 spiro atoms. The van der Waals surface area contributed by atoms with Gasteiger partial charge in [-0.05, 0) is 43.2 Å². The van der Waals surface area contributed by atoms with Gasteiger partial charge < -0.3 is 15.8 Å². The zero-order chi connectivity index (χ0) is 18.1. The zero-order valence-electron chi connectivity index (χ0n) is 14.0. The largest absolute Gasteiger partial charge is 0.463 e. The molecule has 0 radical (unpaired) electrons. The van der Waals surface area contributed by atoms with E-state index in [0.717, 1.165) is 20.9 Å². The lowest BCUT2D eigenvalue weighted by atomic mass is 10.1. The number of nitrogens with one attached hydrogen (secondary N) is 1. The number of rotatable bonds is 6. The molecule has 0 amide bonds. The maximum Gasteiger partial charge on any atom is 0.184 e. The standard InChI is InChI=1S/C20H18FN3OS/c1-2-25-19(18(22)14-5-3-4-6-15(14)21)12-7-10-16-17(11-12)26-20(24-16)23-13-8-9-13/h2-7,10-11,13H,1,8-9,22H2,(H,23,24)/b19-18-. The molecule has 3 aromatic rings. The summed E-state index contributed by atoms with van der Waals surface area (Å²) in [5.41, 5.74) is 8.40. The highest BCUT2D eigenvalue weighted by atomic mass is 32.1. The van der Waals surface area contributed by atoms with E-state index in [1.54, 1.807) is 29.5 Å². The second kappa shape index (κ2) is 6.80. The maximum atomic E-state index is 14.1. The molecular formula is C20H18FN3OS. The molecule has 1 aliphatic carbocycles. The van der Waals surface area contributed by atoms with Gasteiger partial charge in [0.2, 0.25) is 0 Å². The molecule has 132 valence electrons. The van der Waals surface area contributed by atoms with Gasteiger partial charge in [-0.15, -0.1) is 0 Å². The molecule has 26 heavy (non-hydrogen) atoms. The number of benzene rings is 2. The van der Waals surface area contributed by atoms with Crippen LogP contribution < -0.4 is 11.1 Å². The Kier molecular flexibility index (Phi) is 4.34. The van der Waals surface area contributed by atoms with Crippen LogP contribution in [0.15, 0.2) is 55.3 Å².